The summed E-state index contributed by atoms with van der Waals surface area (Å²) in [6.07, 6.45) is 1.36. The summed E-state index contributed by atoms with van der Waals surface area (Å²) in [4.78, 5) is 0. The summed E-state index contributed by atoms with van der Waals surface area (Å²) < 4.78 is 10.2. The Bertz CT molecular complexity index is 117. The number of hydrogen-bond donors (Lipinski definition) is 2. The fraction of sp³-hybridized carbons (Fsp3) is 1.00. The maximum atomic E-state index is 9.05. The van der Waals surface area contributed by atoms with Crippen LogP contribution in [0.2, 0.25) is 0 Å². The molecule has 0 radical (unpaired) electrons. The van der Waals surface area contributed by atoms with E-state index in [4.69, 9.17) is 19.7 Å². The van der Waals surface area contributed by atoms with Gasteiger partial charge in [0.2, 0.25) is 0 Å². The maximum absolute atomic E-state index is 9.05. The smallest absolute Gasteiger partial charge is 0.154 e. The Hall–Kier alpha value is -0.160. The largest absolute Gasteiger partial charge is 0.391 e. The zero-order valence-electron chi connectivity index (χ0n) is 9.11. The van der Waals surface area contributed by atoms with Gasteiger partial charge in [-0.25, -0.2) is 0 Å². The molecule has 0 amide bonds. The minimum atomic E-state index is -0.631. The molecular weight excluding hydrogens is 184 g/mol. The monoisotopic (exact) mass is 206 g/mol. The van der Waals surface area contributed by atoms with Crippen molar-refractivity contribution in [1.29, 1.82) is 0 Å². The van der Waals surface area contributed by atoms with E-state index < -0.39 is 12.4 Å². The standard InChI is InChI=1S/C10H22O4/c1-3-10(12)14-7-5-4-6-13-8-9(2)11/h9-12H,3-8H2,1-2H3. The van der Waals surface area contributed by atoms with Crippen LogP contribution < -0.4 is 0 Å². The molecule has 14 heavy (non-hydrogen) atoms. The molecule has 0 rings (SSSR count). The van der Waals surface area contributed by atoms with E-state index in [-0.39, 0.29) is 0 Å². The average Bonchev–Trinajstić information content (AvgIpc) is 2.15. The van der Waals surface area contributed by atoms with Crippen LogP contribution in [0.1, 0.15) is 33.1 Å². The number of ether oxygens (including phenoxy) is 2. The van der Waals surface area contributed by atoms with Gasteiger partial charge in [0.1, 0.15) is 0 Å². The lowest BCUT2D eigenvalue weighted by atomic mass is 10.3. The summed E-state index contributed by atoms with van der Waals surface area (Å²) in [6.45, 7) is 5.15. The van der Waals surface area contributed by atoms with Gasteiger partial charge in [-0.3, -0.25) is 0 Å². The van der Waals surface area contributed by atoms with E-state index >= 15 is 0 Å². The second kappa shape index (κ2) is 9.40. The molecule has 0 aliphatic rings. The molecule has 0 bridgehead atoms. The Kier molecular flexibility index (Phi) is 9.29. The second-order valence-electron chi connectivity index (χ2n) is 3.36. The molecule has 2 unspecified atom stereocenters. The van der Waals surface area contributed by atoms with Gasteiger partial charge in [0.05, 0.1) is 12.7 Å². The van der Waals surface area contributed by atoms with Crippen molar-refractivity contribution in [1.82, 2.24) is 0 Å². The molecular formula is C10H22O4. The Morgan fingerprint density at radius 1 is 1.14 bits per heavy atom. The highest BCUT2D eigenvalue weighted by atomic mass is 16.6. The molecule has 2 N–H and O–H groups in total. The third-order valence-corrected chi connectivity index (χ3v) is 1.70. The van der Waals surface area contributed by atoms with Crippen molar-refractivity contribution in [3.63, 3.8) is 0 Å². The van der Waals surface area contributed by atoms with Crippen LogP contribution in [0.4, 0.5) is 0 Å². The van der Waals surface area contributed by atoms with Gasteiger partial charge in [0.15, 0.2) is 6.29 Å². The number of hydrogen-bond acceptors (Lipinski definition) is 4. The fourth-order valence-corrected chi connectivity index (χ4v) is 0.897. The van der Waals surface area contributed by atoms with Crippen molar-refractivity contribution < 1.29 is 19.7 Å². The van der Waals surface area contributed by atoms with E-state index in [9.17, 15) is 0 Å². The molecule has 0 aliphatic carbocycles. The topological polar surface area (TPSA) is 58.9 Å². The molecule has 0 saturated heterocycles. The average molecular weight is 206 g/mol. The van der Waals surface area contributed by atoms with Crippen LogP contribution in [0.5, 0.6) is 0 Å². The van der Waals surface area contributed by atoms with Gasteiger partial charge in [-0.15, -0.1) is 0 Å². The molecule has 0 aliphatic heterocycles. The third kappa shape index (κ3) is 9.92. The van der Waals surface area contributed by atoms with Crippen LogP contribution in [0, 0.1) is 0 Å². The van der Waals surface area contributed by atoms with Gasteiger partial charge in [-0.1, -0.05) is 6.92 Å². The van der Waals surface area contributed by atoms with Gasteiger partial charge < -0.3 is 19.7 Å². The summed E-state index contributed by atoms with van der Waals surface area (Å²) in [7, 11) is 0. The highest BCUT2D eigenvalue weighted by Crippen LogP contribution is 1.97. The molecule has 0 heterocycles. The number of unbranched alkanes of at least 4 members (excludes halogenated alkanes) is 1. The van der Waals surface area contributed by atoms with Crippen molar-refractivity contribution in [3.05, 3.63) is 0 Å². The van der Waals surface area contributed by atoms with Crippen LogP contribution in [-0.4, -0.2) is 42.4 Å². The lowest BCUT2D eigenvalue weighted by Crippen LogP contribution is -2.13. The highest BCUT2D eigenvalue weighted by Gasteiger charge is 1.99. The van der Waals surface area contributed by atoms with Gasteiger partial charge in [-0.05, 0) is 26.2 Å². The molecule has 0 aromatic heterocycles. The molecule has 0 fully saturated rings. The van der Waals surface area contributed by atoms with Crippen molar-refractivity contribution in [2.24, 2.45) is 0 Å². The first kappa shape index (κ1) is 13.8. The van der Waals surface area contributed by atoms with E-state index in [0.29, 0.717) is 26.2 Å². The molecule has 0 saturated carbocycles. The summed E-state index contributed by atoms with van der Waals surface area (Å²) in [5.41, 5.74) is 0. The first-order valence-corrected chi connectivity index (χ1v) is 5.22. The van der Waals surface area contributed by atoms with E-state index in [1.165, 1.54) is 0 Å². The normalized spacial score (nSPS) is 15.4. The van der Waals surface area contributed by atoms with Crippen molar-refractivity contribution in [2.75, 3.05) is 19.8 Å². The summed E-state index contributed by atoms with van der Waals surface area (Å²) in [5.74, 6) is 0. The molecule has 0 aromatic carbocycles. The van der Waals surface area contributed by atoms with Crippen LogP contribution in [0.25, 0.3) is 0 Å². The van der Waals surface area contributed by atoms with Crippen LogP contribution in [-0.2, 0) is 9.47 Å². The molecule has 86 valence electrons. The molecule has 0 spiro atoms. The van der Waals surface area contributed by atoms with E-state index in [0.717, 1.165) is 12.8 Å². The van der Waals surface area contributed by atoms with Crippen LogP contribution in [0.3, 0.4) is 0 Å². The summed E-state index contributed by atoms with van der Waals surface area (Å²) in [6, 6.07) is 0. The first-order valence-electron chi connectivity index (χ1n) is 5.22. The maximum Gasteiger partial charge on any atom is 0.154 e. The van der Waals surface area contributed by atoms with E-state index in [2.05, 4.69) is 0 Å². The fourth-order valence-electron chi connectivity index (χ4n) is 0.897. The quantitative estimate of drug-likeness (QED) is 0.435. The number of aliphatic hydroxyl groups is 2. The number of aliphatic hydroxyl groups excluding tert-OH is 2. The Morgan fingerprint density at radius 3 is 2.36 bits per heavy atom. The Morgan fingerprint density at radius 2 is 1.79 bits per heavy atom. The Labute approximate surface area is 85.8 Å². The number of rotatable bonds is 9. The van der Waals surface area contributed by atoms with Crippen LogP contribution >= 0.6 is 0 Å². The SMILES string of the molecule is CCC(O)OCCCCOCC(C)O. The van der Waals surface area contributed by atoms with E-state index in [1.54, 1.807) is 6.92 Å². The minimum absolute atomic E-state index is 0.387. The molecule has 4 nitrogen and oxygen atoms in total. The van der Waals surface area contributed by atoms with Crippen molar-refractivity contribution >= 4 is 0 Å². The highest BCUT2D eigenvalue weighted by molar-refractivity contribution is 4.43. The van der Waals surface area contributed by atoms with Crippen molar-refractivity contribution in [2.45, 2.75) is 45.5 Å². The first-order chi connectivity index (χ1) is 6.66. The van der Waals surface area contributed by atoms with Gasteiger partial charge in [0.25, 0.3) is 0 Å². The predicted octanol–water partition coefficient (Wildman–Crippen LogP) is 0.909. The zero-order valence-corrected chi connectivity index (χ0v) is 9.11. The van der Waals surface area contributed by atoms with E-state index in [1.807, 2.05) is 6.92 Å². The molecule has 2 atom stereocenters. The lowest BCUT2D eigenvalue weighted by molar-refractivity contribution is -0.102. The lowest BCUT2D eigenvalue weighted by Gasteiger charge is -2.09. The van der Waals surface area contributed by atoms with Gasteiger partial charge >= 0.3 is 0 Å². The summed E-state index contributed by atoms with van der Waals surface area (Å²) in [5, 5.41) is 17.9. The third-order valence-electron chi connectivity index (χ3n) is 1.70. The molecule has 0 aromatic rings. The zero-order chi connectivity index (χ0) is 10.8. The summed E-state index contributed by atoms with van der Waals surface area (Å²) >= 11 is 0. The van der Waals surface area contributed by atoms with Crippen molar-refractivity contribution in [3.8, 4) is 0 Å². The van der Waals surface area contributed by atoms with Gasteiger partial charge in [-0.2, -0.15) is 0 Å². The predicted molar refractivity (Wildman–Crippen MR) is 54.0 cm³/mol. The van der Waals surface area contributed by atoms with Crippen LogP contribution in [0.15, 0.2) is 0 Å². The Balaban J connectivity index is 2.99. The minimum Gasteiger partial charge on any atom is -0.391 e. The molecule has 4 heteroatoms. The van der Waals surface area contributed by atoms with Gasteiger partial charge in [0, 0.05) is 13.2 Å². The second-order valence-corrected chi connectivity index (χ2v) is 3.36.